The van der Waals surface area contributed by atoms with Gasteiger partial charge < -0.3 is 5.32 Å². The Morgan fingerprint density at radius 1 is 1.29 bits per heavy atom. The van der Waals surface area contributed by atoms with E-state index in [1.165, 1.54) is 12.4 Å². The summed E-state index contributed by atoms with van der Waals surface area (Å²) in [7, 11) is 1.92. The number of hydrogen-bond donors (Lipinski definition) is 2. The first kappa shape index (κ1) is 16.2. The molecule has 0 bridgehead atoms. The summed E-state index contributed by atoms with van der Waals surface area (Å²) < 4.78 is 15.8. The van der Waals surface area contributed by atoms with E-state index in [9.17, 15) is 4.39 Å². The van der Waals surface area contributed by atoms with Gasteiger partial charge in [0.25, 0.3) is 0 Å². The highest BCUT2D eigenvalue weighted by atomic mass is 19.1. The molecule has 0 fully saturated rings. The minimum atomic E-state index is -0.339. The highest BCUT2D eigenvalue weighted by molar-refractivity contribution is 5.63. The van der Waals surface area contributed by atoms with Crippen molar-refractivity contribution in [2.75, 3.05) is 5.32 Å². The number of aryl methyl sites for hydroxylation is 1. The number of anilines is 1. The topological polar surface area (TPSA) is 71.4 Å². The molecule has 0 unspecified atom stereocenters. The van der Waals surface area contributed by atoms with Crippen LogP contribution in [0.1, 0.15) is 32.0 Å². The smallest absolute Gasteiger partial charge is 0.158 e. The lowest BCUT2D eigenvalue weighted by molar-refractivity contribution is 0.549. The normalized spacial score (nSPS) is 11.7. The van der Waals surface area contributed by atoms with Crippen LogP contribution in [0.2, 0.25) is 0 Å². The molecule has 0 saturated heterocycles. The highest BCUT2D eigenvalue weighted by Gasteiger charge is 2.21. The maximum Gasteiger partial charge on any atom is 0.158 e. The molecule has 1 aromatic carbocycles. The van der Waals surface area contributed by atoms with E-state index in [4.69, 9.17) is 0 Å². The zero-order chi connectivity index (χ0) is 17.3. The van der Waals surface area contributed by atoms with Crippen LogP contribution in [0.3, 0.4) is 0 Å². The Kier molecular flexibility index (Phi) is 4.09. The fourth-order valence-electron chi connectivity index (χ4n) is 2.65. The first-order chi connectivity index (χ1) is 11.3. The van der Waals surface area contributed by atoms with Crippen molar-refractivity contribution in [1.82, 2.24) is 25.0 Å². The van der Waals surface area contributed by atoms with Crippen molar-refractivity contribution in [3.8, 4) is 11.4 Å². The number of aromatic nitrogens is 5. The molecule has 0 spiro atoms. The predicted octanol–water partition coefficient (Wildman–Crippen LogP) is 3.25. The summed E-state index contributed by atoms with van der Waals surface area (Å²) in [5.74, 6) is 0.0713. The molecule has 0 aliphatic rings. The lowest BCUT2D eigenvalue weighted by Crippen LogP contribution is -2.16. The van der Waals surface area contributed by atoms with Crippen LogP contribution in [0.15, 0.2) is 30.7 Å². The molecule has 0 aliphatic heterocycles. The summed E-state index contributed by atoms with van der Waals surface area (Å²) in [6.45, 7) is 7.03. The van der Waals surface area contributed by atoms with Gasteiger partial charge in [-0.05, 0) is 18.2 Å². The van der Waals surface area contributed by atoms with Crippen LogP contribution in [-0.4, -0.2) is 25.0 Å². The fraction of sp³-hybridized carbons (Fsp3) is 0.353. The van der Waals surface area contributed by atoms with E-state index in [0.717, 1.165) is 16.9 Å². The van der Waals surface area contributed by atoms with Gasteiger partial charge in [0.2, 0.25) is 0 Å². The molecule has 0 radical (unpaired) electrons. The fourth-order valence-corrected chi connectivity index (χ4v) is 2.65. The molecule has 2 heterocycles. The number of rotatable bonds is 4. The van der Waals surface area contributed by atoms with Gasteiger partial charge >= 0.3 is 0 Å². The molecule has 0 amide bonds. The molecule has 6 nitrogen and oxygen atoms in total. The van der Waals surface area contributed by atoms with Gasteiger partial charge in [-0.25, -0.2) is 9.37 Å². The second-order valence-electron chi connectivity index (χ2n) is 6.81. The molecule has 0 aliphatic carbocycles. The van der Waals surface area contributed by atoms with Crippen LogP contribution < -0.4 is 5.32 Å². The van der Waals surface area contributed by atoms with Crippen molar-refractivity contribution >= 4 is 5.69 Å². The number of hydrogen-bond acceptors (Lipinski definition) is 4. The first-order valence-electron chi connectivity index (χ1n) is 7.77. The van der Waals surface area contributed by atoms with Gasteiger partial charge in [-0.2, -0.15) is 10.2 Å². The zero-order valence-corrected chi connectivity index (χ0v) is 14.3. The van der Waals surface area contributed by atoms with Gasteiger partial charge in [0, 0.05) is 36.5 Å². The summed E-state index contributed by atoms with van der Waals surface area (Å²) >= 11 is 0. The highest BCUT2D eigenvalue weighted by Crippen LogP contribution is 2.26. The van der Waals surface area contributed by atoms with Crippen molar-refractivity contribution < 1.29 is 4.39 Å². The Labute approximate surface area is 140 Å². The lowest BCUT2D eigenvalue weighted by Gasteiger charge is -2.18. The number of halogens is 1. The van der Waals surface area contributed by atoms with Gasteiger partial charge in [-0.3, -0.25) is 9.78 Å². The molecule has 7 heteroatoms. The minimum Gasteiger partial charge on any atom is -0.381 e. The molecule has 3 rings (SSSR count). The summed E-state index contributed by atoms with van der Waals surface area (Å²) in [5.41, 5.74) is 3.34. The van der Waals surface area contributed by atoms with Crippen molar-refractivity contribution in [3.63, 3.8) is 0 Å². The van der Waals surface area contributed by atoms with E-state index in [1.54, 1.807) is 12.1 Å². The number of aromatic amines is 1. The first-order valence-corrected chi connectivity index (χ1v) is 7.77. The van der Waals surface area contributed by atoms with E-state index in [0.29, 0.717) is 17.9 Å². The van der Waals surface area contributed by atoms with Crippen LogP contribution >= 0.6 is 0 Å². The number of nitrogens with zero attached hydrogens (tertiary/aromatic N) is 4. The lowest BCUT2D eigenvalue weighted by atomic mass is 9.89. The van der Waals surface area contributed by atoms with Gasteiger partial charge in [-0.15, -0.1) is 0 Å². The van der Waals surface area contributed by atoms with E-state index in [-0.39, 0.29) is 11.2 Å². The van der Waals surface area contributed by atoms with Crippen LogP contribution in [0.5, 0.6) is 0 Å². The second-order valence-corrected chi connectivity index (χ2v) is 6.81. The number of nitrogens with one attached hydrogen (secondary N) is 2. The molecule has 3 aromatic rings. The van der Waals surface area contributed by atoms with Gasteiger partial charge in [0.15, 0.2) is 5.82 Å². The summed E-state index contributed by atoms with van der Waals surface area (Å²) in [5, 5.41) is 14.3. The summed E-state index contributed by atoms with van der Waals surface area (Å²) in [4.78, 5) is 4.01. The molecular weight excluding hydrogens is 307 g/mol. The SMILES string of the molecule is Cn1cc(CNc2ccc(F)c(-c3ncn[nH]3)c2)c(C(C)(C)C)n1. The molecule has 126 valence electrons. The molecule has 24 heavy (non-hydrogen) atoms. The standard InChI is InChI=1S/C17H21FN6/c1-17(2,3)15-11(9-24(4)23-15)8-19-12-5-6-14(18)13(7-12)16-20-10-21-22-16/h5-7,9-10,19H,8H2,1-4H3,(H,20,21,22). The molecule has 0 atom stereocenters. The number of H-pyrrole nitrogens is 1. The summed E-state index contributed by atoms with van der Waals surface area (Å²) in [6.07, 6.45) is 3.37. The average Bonchev–Trinajstić information content (AvgIpc) is 3.15. The van der Waals surface area contributed by atoms with Gasteiger partial charge in [-0.1, -0.05) is 20.8 Å². The zero-order valence-electron chi connectivity index (χ0n) is 14.3. The molecular formula is C17H21FN6. The van der Waals surface area contributed by atoms with Crippen LogP contribution in [-0.2, 0) is 19.0 Å². The number of benzene rings is 1. The molecule has 0 saturated carbocycles. The Bertz CT molecular complexity index is 829. The van der Waals surface area contributed by atoms with Crippen molar-refractivity contribution in [2.24, 2.45) is 7.05 Å². The van der Waals surface area contributed by atoms with Gasteiger partial charge in [0.05, 0.1) is 11.3 Å². The average molecular weight is 328 g/mol. The minimum absolute atomic E-state index is 0.0356. The quantitative estimate of drug-likeness (QED) is 0.771. The van der Waals surface area contributed by atoms with Crippen LogP contribution in [0.25, 0.3) is 11.4 Å². The summed E-state index contributed by atoms with van der Waals surface area (Å²) in [6, 6.07) is 4.86. The third-order valence-corrected chi connectivity index (χ3v) is 3.73. The van der Waals surface area contributed by atoms with Crippen LogP contribution in [0.4, 0.5) is 10.1 Å². The predicted molar refractivity (Wildman–Crippen MR) is 91.0 cm³/mol. The molecule has 2 N–H and O–H groups in total. The maximum absolute atomic E-state index is 14.0. The Balaban J connectivity index is 1.82. The Morgan fingerprint density at radius 2 is 2.08 bits per heavy atom. The maximum atomic E-state index is 14.0. The van der Waals surface area contributed by atoms with Crippen LogP contribution in [0, 0.1) is 5.82 Å². The van der Waals surface area contributed by atoms with E-state index in [2.05, 4.69) is 46.4 Å². The Hall–Kier alpha value is -2.70. The Morgan fingerprint density at radius 3 is 2.75 bits per heavy atom. The van der Waals surface area contributed by atoms with Crippen molar-refractivity contribution in [3.05, 3.63) is 47.8 Å². The third kappa shape index (κ3) is 3.29. The second kappa shape index (κ2) is 6.07. The van der Waals surface area contributed by atoms with E-state index < -0.39 is 0 Å². The monoisotopic (exact) mass is 328 g/mol. The van der Waals surface area contributed by atoms with Crippen molar-refractivity contribution in [1.29, 1.82) is 0 Å². The largest absolute Gasteiger partial charge is 0.381 e. The van der Waals surface area contributed by atoms with Crippen molar-refractivity contribution in [2.45, 2.75) is 32.7 Å². The van der Waals surface area contributed by atoms with E-state index >= 15 is 0 Å². The van der Waals surface area contributed by atoms with Gasteiger partial charge in [0.1, 0.15) is 12.1 Å². The van der Waals surface area contributed by atoms with E-state index in [1.807, 2.05) is 17.9 Å². The molecule has 2 aromatic heterocycles. The third-order valence-electron chi connectivity index (χ3n) is 3.73.